The number of aliphatic imine (C=N–C) groups is 1. The van der Waals surface area contributed by atoms with Crippen LogP contribution in [0.4, 0.5) is 4.39 Å². The Morgan fingerprint density at radius 3 is 2.38 bits per heavy atom. The molecule has 1 aromatic carbocycles. The summed E-state index contributed by atoms with van der Waals surface area (Å²) in [5, 5.41) is 6.58. The average Bonchev–Trinajstić information content (AvgIpc) is 2.47. The van der Waals surface area contributed by atoms with Crippen molar-refractivity contribution in [3.8, 4) is 0 Å². The first-order valence-electron chi connectivity index (χ1n) is 7.54. The Balaban J connectivity index is 2.95. The molecular weight excluding hydrogens is 354 g/mol. The molecule has 1 rings (SSSR count). The first-order chi connectivity index (χ1) is 11.1. The summed E-state index contributed by atoms with van der Waals surface area (Å²) in [7, 11) is 3.33. The summed E-state index contributed by atoms with van der Waals surface area (Å²) in [5.74, 6) is -0.218. The van der Waals surface area contributed by atoms with Crippen LogP contribution in [0.3, 0.4) is 0 Å². The third-order valence-corrected chi connectivity index (χ3v) is 3.77. The van der Waals surface area contributed by atoms with Crippen LogP contribution in [0, 0.1) is 5.82 Å². The van der Waals surface area contributed by atoms with Crippen molar-refractivity contribution >= 4 is 35.1 Å². The maximum Gasteiger partial charge on any atom is 0.243 e. The Morgan fingerprint density at radius 2 is 1.83 bits per heavy atom. The second-order valence-electron chi connectivity index (χ2n) is 5.91. The normalized spacial score (nSPS) is 13.0. The van der Waals surface area contributed by atoms with E-state index < -0.39 is 5.82 Å². The number of carbonyl (C=O) groups is 1. The number of nitrogens with one attached hydrogen (secondary N) is 2. The Morgan fingerprint density at radius 1 is 1.21 bits per heavy atom. The van der Waals surface area contributed by atoms with Crippen molar-refractivity contribution in [1.82, 2.24) is 15.5 Å². The first-order valence-corrected chi connectivity index (χ1v) is 8.29. The van der Waals surface area contributed by atoms with E-state index in [-0.39, 0.29) is 29.6 Å². The SMILES string of the molecule is CC(C)NC(=NCC(=O)N(C)C)NC(C)c1cc(F)c(Cl)cc1Cl. The van der Waals surface area contributed by atoms with Crippen LogP contribution < -0.4 is 10.6 Å². The third-order valence-electron chi connectivity index (χ3n) is 3.16. The Bertz CT molecular complexity index is 620. The van der Waals surface area contributed by atoms with Gasteiger partial charge in [0.2, 0.25) is 5.91 Å². The first kappa shape index (κ1) is 20.5. The summed E-state index contributed by atoms with van der Waals surface area (Å²) in [5.41, 5.74) is 0.552. The quantitative estimate of drug-likeness (QED) is 0.471. The van der Waals surface area contributed by atoms with Crippen molar-refractivity contribution in [2.45, 2.75) is 32.9 Å². The van der Waals surface area contributed by atoms with Gasteiger partial charge in [0.25, 0.3) is 0 Å². The minimum atomic E-state index is -0.539. The summed E-state index contributed by atoms with van der Waals surface area (Å²) in [6.45, 7) is 5.72. The van der Waals surface area contributed by atoms with E-state index in [0.717, 1.165) is 0 Å². The van der Waals surface area contributed by atoms with Crippen LogP contribution in [0.2, 0.25) is 10.0 Å². The fourth-order valence-corrected chi connectivity index (χ4v) is 2.39. The van der Waals surface area contributed by atoms with Crippen molar-refractivity contribution in [2.24, 2.45) is 4.99 Å². The minimum absolute atomic E-state index is 0.00445. The predicted octanol–water partition coefficient (Wildman–Crippen LogP) is 3.23. The molecule has 134 valence electrons. The van der Waals surface area contributed by atoms with Crippen molar-refractivity contribution in [3.05, 3.63) is 33.6 Å². The van der Waals surface area contributed by atoms with Gasteiger partial charge in [-0.25, -0.2) is 9.38 Å². The van der Waals surface area contributed by atoms with Crippen molar-refractivity contribution in [1.29, 1.82) is 0 Å². The highest BCUT2D eigenvalue weighted by Gasteiger charge is 2.15. The number of hydrogen-bond donors (Lipinski definition) is 2. The Kier molecular flexibility index (Phi) is 7.76. The molecule has 8 heteroatoms. The molecule has 0 radical (unpaired) electrons. The Hall–Kier alpha value is -1.53. The molecule has 0 bridgehead atoms. The molecule has 1 amide bonds. The molecule has 0 heterocycles. The van der Waals surface area contributed by atoms with Crippen LogP contribution in [0.25, 0.3) is 0 Å². The molecule has 2 N–H and O–H groups in total. The van der Waals surface area contributed by atoms with Gasteiger partial charge in [-0.2, -0.15) is 0 Å². The molecule has 0 aromatic heterocycles. The lowest BCUT2D eigenvalue weighted by atomic mass is 10.1. The molecule has 0 saturated heterocycles. The molecule has 24 heavy (non-hydrogen) atoms. The van der Waals surface area contributed by atoms with Crippen molar-refractivity contribution < 1.29 is 9.18 Å². The summed E-state index contributed by atoms with van der Waals surface area (Å²) in [4.78, 5) is 17.4. The number of nitrogens with zero attached hydrogens (tertiary/aromatic N) is 2. The van der Waals surface area contributed by atoms with Gasteiger partial charge in [-0.15, -0.1) is 0 Å². The highest BCUT2D eigenvalue weighted by molar-refractivity contribution is 6.35. The summed E-state index contributed by atoms with van der Waals surface area (Å²) in [6, 6.07) is 2.44. The zero-order valence-corrected chi connectivity index (χ0v) is 16.0. The van der Waals surface area contributed by atoms with E-state index in [1.165, 1.54) is 17.0 Å². The number of halogens is 3. The molecule has 1 aromatic rings. The second kappa shape index (κ2) is 9.08. The fourth-order valence-electron chi connectivity index (χ4n) is 1.85. The molecule has 0 fully saturated rings. The zero-order valence-electron chi connectivity index (χ0n) is 14.5. The number of carbonyl (C=O) groups excluding carboxylic acids is 1. The fraction of sp³-hybridized carbons (Fsp3) is 0.500. The minimum Gasteiger partial charge on any atom is -0.354 e. The van der Waals surface area contributed by atoms with E-state index in [0.29, 0.717) is 16.5 Å². The second-order valence-corrected chi connectivity index (χ2v) is 6.72. The van der Waals surface area contributed by atoms with Crippen LogP contribution in [0.15, 0.2) is 17.1 Å². The van der Waals surface area contributed by atoms with Gasteiger partial charge < -0.3 is 15.5 Å². The lowest BCUT2D eigenvalue weighted by Crippen LogP contribution is -2.43. The summed E-state index contributed by atoms with van der Waals surface area (Å²) >= 11 is 11.9. The van der Waals surface area contributed by atoms with Crippen LogP contribution in [0.5, 0.6) is 0 Å². The molecule has 0 spiro atoms. The molecule has 5 nitrogen and oxygen atoms in total. The van der Waals surface area contributed by atoms with Gasteiger partial charge in [-0.3, -0.25) is 4.79 Å². The van der Waals surface area contributed by atoms with Crippen LogP contribution in [-0.2, 0) is 4.79 Å². The number of hydrogen-bond acceptors (Lipinski definition) is 2. The standard InChI is InChI=1S/C16H23Cl2FN4O/c1-9(2)21-16(20-8-15(24)23(4)5)22-10(3)11-6-14(19)13(18)7-12(11)17/h6-7,9-10H,8H2,1-5H3,(H2,20,21,22). The highest BCUT2D eigenvalue weighted by atomic mass is 35.5. The number of likely N-dealkylation sites (N-methyl/N-ethyl adjacent to an activating group) is 1. The van der Waals surface area contributed by atoms with E-state index in [2.05, 4.69) is 15.6 Å². The molecular formula is C16H23Cl2FN4O. The van der Waals surface area contributed by atoms with E-state index in [1.54, 1.807) is 14.1 Å². The van der Waals surface area contributed by atoms with E-state index in [1.807, 2.05) is 20.8 Å². The predicted molar refractivity (Wildman–Crippen MR) is 97.2 cm³/mol. The van der Waals surface area contributed by atoms with Gasteiger partial charge in [0.1, 0.15) is 12.4 Å². The highest BCUT2D eigenvalue weighted by Crippen LogP contribution is 2.28. The van der Waals surface area contributed by atoms with Gasteiger partial charge >= 0.3 is 0 Å². The summed E-state index contributed by atoms with van der Waals surface area (Å²) < 4.78 is 13.7. The van der Waals surface area contributed by atoms with E-state index >= 15 is 0 Å². The van der Waals surface area contributed by atoms with Crippen LogP contribution in [-0.4, -0.2) is 43.4 Å². The maximum absolute atomic E-state index is 13.7. The smallest absolute Gasteiger partial charge is 0.243 e. The molecule has 0 aliphatic rings. The number of benzene rings is 1. The van der Waals surface area contributed by atoms with E-state index in [4.69, 9.17) is 23.2 Å². The Labute approximate surface area is 152 Å². The monoisotopic (exact) mass is 376 g/mol. The van der Waals surface area contributed by atoms with Crippen LogP contribution >= 0.6 is 23.2 Å². The maximum atomic E-state index is 13.7. The van der Waals surface area contributed by atoms with Crippen molar-refractivity contribution in [3.63, 3.8) is 0 Å². The molecule has 0 aliphatic heterocycles. The number of rotatable bonds is 5. The largest absolute Gasteiger partial charge is 0.354 e. The molecule has 1 atom stereocenters. The average molecular weight is 377 g/mol. The van der Waals surface area contributed by atoms with Gasteiger partial charge in [0, 0.05) is 25.2 Å². The molecule has 1 unspecified atom stereocenters. The van der Waals surface area contributed by atoms with Crippen molar-refractivity contribution in [2.75, 3.05) is 20.6 Å². The number of guanidine groups is 1. The van der Waals surface area contributed by atoms with Gasteiger partial charge in [0.15, 0.2) is 5.96 Å². The molecule has 0 aliphatic carbocycles. The van der Waals surface area contributed by atoms with E-state index in [9.17, 15) is 9.18 Å². The lowest BCUT2D eigenvalue weighted by Gasteiger charge is -2.21. The van der Waals surface area contributed by atoms with Crippen LogP contribution in [0.1, 0.15) is 32.4 Å². The topological polar surface area (TPSA) is 56.7 Å². The summed E-state index contributed by atoms with van der Waals surface area (Å²) in [6.07, 6.45) is 0. The van der Waals surface area contributed by atoms with Gasteiger partial charge in [-0.1, -0.05) is 23.2 Å². The number of amides is 1. The molecule has 0 saturated carbocycles. The zero-order chi connectivity index (χ0) is 18.4. The third kappa shape index (κ3) is 6.17. The van der Waals surface area contributed by atoms with Gasteiger partial charge in [-0.05, 0) is 38.5 Å². The van der Waals surface area contributed by atoms with Gasteiger partial charge in [0.05, 0.1) is 11.1 Å². The lowest BCUT2D eigenvalue weighted by molar-refractivity contribution is -0.127.